The average Bonchev–Trinajstić information content (AvgIpc) is 2.62. The van der Waals surface area contributed by atoms with Crippen LogP contribution in [0.3, 0.4) is 0 Å². The summed E-state index contributed by atoms with van der Waals surface area (Å²) in [6, 6.07) is -0.994. The summed E-state index contributed by atoms with van der Waals surface area (Å²) in [5, 5.41) is 8.69. The van der Waals surface area contributed by atoms with Crippen LogP contribution in [0.25, 0.3) is 0 Å². The summed E-state index contributed by atoms with van der Waals surface area (Å²) < 4.78 is 37.4. The molecule has 0 aliphatic heterocycles. The molecule has 0 heterocycles. The summed E-state index contributed by atoms with van der Waals surface area (Å²) in [7, 11) is 1.45. The number of carbonyl (C=O) groups excluding carboxylic acids is 1. The molecule has 0 spiro atoms. The zero-order chi connectivity index (χ0) is 16.0. The van der Waals surface area contributed by atoms with Crippen LogP contribution in [0.4, 0.5) is 18.0 Å². The van der Waals surface area contributed by atoms with Crippen LogP contribution in [0.2, 0.25) is 0 Å². The number of hydrogen-bond donors (Lipinski definition) is 1. The van der Waals surface area contributed by atoms with Gasteiger partial charge >= 0.3 is 18.2 Å². The minimum absolute atomic E-state index is 0.121. The van der Waals surface area contributed by atoms with Crippen LogP contribution < -0.4 is 0 Å². The van der Waals surface area contributed by atoms with Crippen molar-refractivity contribution in [3.8, 4) is 0 Å². The van der Waals surface area contributed by atoms with E-state index in [0.717, 1.165) is 38.5 Å². The maximum Gasteiger partial charge on any atom is 0.406 e. The van der Waals surface area contributed by atoms with Crippen molar-refractivity contribution in [1.82, 2.24) is 9.80 Å². The Bertz CT molecular complexity index is 366. The second-order valence-electron chi connectivity index (χ2n) is 5.40. The van der Waals surface area contributed by atoms with Crippen LogP contribution in [-0.2, 0) is 4.79 Å². The first-order chi connectivity index (χ1) is 9.70. The molecule has 1 rings (SSSR count). The number of carbonyl (C=O) groups is 2. The van der Waals surface area contributed by atoms with Gasteiger partial charge in [-0.3, -0.25) is 4.79 Å². The Morgan fingerprint density at radius 3 is 2.10 bits per heavy atom. The Morgan fingerprint density at radius 2 is 1.67 bits per heavy atom. The fourth-order valence-corrected chi connectivity index (χ4v) is 2.60. The van der Waals surface area contributed by atoms with E-state index in [1.54, 1.807) is 0 Å². The number of carboxylic acids is 1. The molecule has 1 fully saturated rings. The van der Waals surface area contributed by atoms with Crippen molar-refractivity contribution in [2.75, 3.05) is 20.1 Å². The van der Waals surface area contributed by atoms with E-state index in [-0.39, 0.29) is 6.04 Å². The fraction of sp³-hybridized carbons (Fsp3) is 0.846. The molecular weight excluding hydrogens is 289 g/mol. The van der Waals surface area contributed by atoms with E-state index in [9.17, 15) is 22.8 Å². The summed E-state index contributed by atoms with van der Waals surface area (Å²) in [4.78, 5) is 24.4. The van der Waals surface area contributed by atoms with Gasteiger partial charge in [0.15, 0.2) is 0 Å². The molecule has 0 radical (unpaired) electrons. The number of urea groups is 1. The van der Waals surface area contributed by atoms with Gasteiger partial charge in [0.2, 0.25) is 0 Å². The molecule has 0 aromatic carbocycles. The number of rotatable bonds is 4. The smallest absolute Gasteiger partial charge is 0.406 e. The van der Waals surface area contributed by atoms with E-state index in [4.69, 9.17) is 5.11 Å². The van der Waals surface area contributed by atoms with E-state index >= 15 is 0 Å². The van der Waals surface area contributed by atoms with Crippen molar-refractivity contribution in [3.05, 3.63) is 0 Å². The first kappa shape index (κ1) is 17.6. The molecule has 122 valence electrons. The largest absolute Gasteiger partial charge is 0.480 e. The van der Waals surface area contributed by atoms with Crippen LogP contribution >= 0.6 is 0 Å². The lowest BCUT2D eigenvalue weighted by molar-refractivity contribution is -0.149. The minimum atomic E-state index is -4.62. The van der Waals surface area contributed by atoms with Crippen LogP contribution in [0.5, 0.6) is 0 Å². The van der Waals surface area contributed by atoms with Gasteiger partial charge in [-0.15, -0.1) is 0 Å². The molecule has 1 aliphatic rings. The Hall–Kier alpha value is -1.47. The summed E-state index contributed by atoms with van der Waals surface area (Å²) in [6.45, 7) is -2.50. The summed E-state index contributed by atoms with van der Waals surface area (Å²) in [6.07, 6.45) is 0.848. The maximum absolute atomic E-state index is 12.5. The number of aliphatic carboxylic acids is 1. The van der Waals surface area contributed by atoms with E-state index in [1.165, 1.54) is 11.9 Å². The third kappa shape index (κ3) is 6.22. The lowest BCUT2D eigenvalue weighted by Gasteiger charge is -2.32. The van der Waals surface area contributed by atoms with Crippen molar-refractivity contribution in [2.24, 2.45) is 0 Å². The Labute approximate surface area is 121 Å². The second-order valence-corrected chi connectivity index (χ2v) is 5.40. The highest BCUT2D eigenvalue weighted by Crippen LogP contribution is 2.23. The zero-order valence-electron chi connectivity index (χ0n) is 12.0. The van der Waals surface area contributed by atoms with Crippen molar-refractivity contribution in [2.45, 2.75) is 50.7 Å². The second kappa shape index (κ2) is 7.51. The predicted molar refractivity (Wildman–Crippen MR) is 69.9 cm³/mol. The molecule has 1 aliphatic carbocycles. The van der Waals surface area contributed by atoms with Gasteiger partial charge in [0, 0.05) is 13.1 Å². The molecule has 5 nitrogen and oxygen atoms in total. The van der Waals surface area contributed by atoms with E-state index in [1.807, 2.05) is 0 Å². The monoisotopic (exact) mass is 310 g/mol. The number of hydrogen-bond acceptors (Lipinski definition) is 2. The highest BCUT2D eigenvalue weighted by molar-refractivity contribution is 5.80. The fourth-order valence-electron chi connectivity index (χ4n) is 2.60. The van der Waals surface area contributed by atoms with Gasteiger partial charge in [0.1, 0.15) is 13.1 Å². The quantitative estimate of drug-likeness (QED) is 0.812. The number of amides is 2. The topological polar surface area (TPSA) is 60.9 Å². The van der Waals surface area contributed by atoms with E-state index in [2.05, 4.69) is 0 Å². The van der Waals surface area contributed by atoms with Gasteiger partial charge in [0.25, 0.3) is 0 Å². The third-order valence-corrected chi connectivity index (χ3v) is 3.64. The SMILES string of the molecule is CN(C(=O)N(CC(=O)O)CC(F)(F)F)C1CCCCCC1. The number of carboxylic acid groups (broad SMARTS) is 1. The van der Waals surface area contributed by atoms with Crippen LogP contribution in [0.1, 0.15) is 38.5 Å². The highest BCUT2D eigenvalue weighted by atomic mass is 19.4. The molecule has 0 aromatic heterocycles. The summed E-state index contributed by atoms with van der Waals surface area (Å²) in [5.41, 5.74) is 0. The lowest BCUT2D eigenvalue weighted by atomic mass is 10.1. The first-order valence-electron chi connectivity index (χ1n) is 7.01. The molecule has 1 N–H and O–H groups in total. The average molecular weight is 310 g/mol. The molecule has 0 bridgehead atoms. The lowest BCUT2D eigenvalue weighted by Crippen LogP contribution is -2.50. The molecule has 2 amide bonds. The van der Waals surface area contributed by atoms with Crippen LogP contribution in [-0.4, -0.2) is 59.3 Å². The van der Waals surface area contributed by atoms with Crippen molar-refractivity contribution < 1.29 is 27.9 Å². The maximum atomic E-state index is 12.5. The van der Waals surface area contributed by atoms with Crippen molar-refractivity contribution >= 4 is 12.0 Å². The molecule has 8 heteroatoms. The molecule has 0 atom stereocenters. The number of alkyl halides is 3. The molecular formula is C13H21F3N2O3. The molecule has 0 saturated heterocycles. The van der Waals surface area contributed by atoms with E-state index < -0.39 is 31.3 Å². The van der Waals surface area contributed by atoms with Crippen molar-refractivity contribution in [1.29, 1.82) is 0 Å². The van der Waals surface area contributed by atoms with Gasteiger partial charge in [-0.2, -0.15) is 13.2 Å². The van der Waals surface area contributed by atoms with Gasteiger partial charge in [-0.05, 0) is 12.8 Å². The molecule has 0 aromatic rings. The molecule has 0 unspecified atom stereocenters. The van der Waals surface area contributed by atoms with Gasteiger partial charge < -0.3 is 14.9 Å². The van der Waals surface area contributed by atoms with Gasteiger partial charge in [-0.1, -0.05) is 25.7 Å². The van der Waals surface area contributed by atoms with E-state index in [0.29, 0.717) is 4.90 Å². The van der Waals surface area contributed by atoms with Gasteiger partial charge in [0.05, 0.1) is 0 Å². The highest BCUT2D eigenvalue weighted by Gasteiger charge is 2.36. The molecule has 1 saturated carbocycles. The normalized spacial score (nSPS) is 17.1. The Balaban J connectivity index is 2.74. The zero-order valence-corrected chi connectivity index (χ0v) is 12.0. The summed E-state index contributed by atoms with van der Waals surface area (Å²) >= 11 is 0. The number of halogens is 3. The van der Waals surface area contributed by atoms with Crippen LogP contribution in [0.15, 0.2) is 0 Å². The predicted octanol–water partition coefficient (Wildman–Crippen LogP) is 2.71. The minimum Gasteiger partial charge on any atom is -0.480 e. The third-order valence-electron chi connectivity index (χ3n) is 3.64. The Kier molecular flexibility index (Phi) is 6.29. The van der Waals surface area contributed by atoms with Crippen molar-refractivity contribution in [3.63, 3.8) is 0 Å². The van der Waals surface area contributed by atoms with Gasteiger partial charge in [-0.25, -0.2) is 4.79 Å². The molecule has 21 heavy (non-hydrogen) atoms. The standard InChI is InChI=1S/C13H21F3N2O3/c1-17(10-6-4-2-3-5-7-10)12(21)18(8-11(19)20)9-13(14,15)16/h10H,2-9H2,1H3,(H,19,20). The summed E-state index contributed by atoms with van der Waals surface area (Å²) in [5.74, 6) is -1.46. The first-order valence-corrected chi connectivity index (χ1v) is 7.01. The van der Waals surface area contributed by atoms with Crippen LogP contribution in [0, 0.1) is 0 Å². The number of nitrogens with zero attached hydrogens (tertiary/aromatic N) is 2. The Morgan fingerprint density at radius 1 is 1.14 bits per heavy atom.